The second-order valence-corrected chi connectivity index (χ2v) is 9.51. The van der Waals surface area contributed by atoms with Gasteiger partial charge in [-0.05, 0) is 13.0 Å². The lowest BCUT2D eigenvalue weighted by Gasteiger charge is -2.34. The van der Waals surface area contributed by atoms with Crippen molar-refractivity contribution in [3.8, 4) is 11.5 Å². The molecule has 4 heterocycles. The summed E-state index contributed by atoms with van der Waals surface area (Å²) in [7, 11) is -2.49. The first-order chi connectivity index (χ1) is 13.4. The van der Waals surface area contributed by atoms with Gasteiger partial charge in [0.05, 0.1) is 47.4 Å². The van der Waals surface area contributed by atoms with Gasteiger partial charge in [-0.2, -0.15) is 4.36 Å². The molecule has 2 aromatic heterocycles. The van der Waals surface area contributed by atoms with Gasteiger partial charge >= 0.3 is 0 Å². The minimum Gasteiger partial charge on any atom is -0.379 e. The molecule has 10 nitrogen and oxygen atoms in total. The van der Waals surface area contributed by atoms with Crippen molar-refractivity contribution in [1.82, 2.24) is 19.9 Å². The van der Waals surface area contributed by atoms with Crippen LogP contribution in [0.4, 0.5) is 17.6 Å². The number of rotatable bonds is 4. The van der Waals surface area contributed by atoms with Gasteiger partial charge in [-0.1, -0.05) is 0 Å². The summed E-state index contributed by atoms with van der Waals surface area (Å²) in [6, 6.07) is 3.59. The van der Waals surface area contributed by atoms with Gasteiger partial charge in [0, 0.05) is 25.1 Å². The fourth-order valence-electron chi connectivity index (χ4n) is 3.02. The molecule has 11 heteroatoms. The van der Waals surface area contributed by atoms with Crippen LogP contribution in [0, 0.1) is 0 Å². The number of hydrogen-bond donors (Lipinski definition) is 1. The highest BCUT2D eigenvalue weighted by Crippen LogP contribution is 2.27. The number of hydrogen-bond acceptors (Lipinski definition) is 10. The molecule has 0 radical (unpaired) electrons. The zero-order valence-corrected chi connectivity index (χ0v) is 16.6. The van der Waals surface area contributed by atoms with Gasteiger partial charge in [-0.25, -0.2) is 24.1 Å². The highest BCUT2D eigenvalue weighted by Gasteiger charge is 2.28. The third-order valence-electron chi connectivity index (χ3n) is 4.77. The molecular formula is C17H23N7O3S. The molecule has 2 aliphatic heterocycles. The molecule has 28 heavy (non-hydrogen) atoms. The number of nitrogens with zero attached hydrogens (tertiary/aromatic N) is 6. The molecule has 2 saturated heterocycles. The maximum atomic E-state index is 13.0. The Hall–Kier alpha value is -2.37. The van der Waals surface area contributed by atoms with Crippen LogP contribution in [0.3, 0.4) is 0 Å². The highest BCUT2D eigenvalue weighted by atomic mass is 32.2. The molecule has 0 aromatic carbocycles. The largest absolute Gasteiger partial charge is 0.379 e. The van der Waals surface area contributed by atoms with Crippen molar-refractivity contribution in [3.63, 3.8) is 0 Å². The number of nitrogen functional groups attached to an aromatic ring is 1. The summed E-state index contributed by atoms with van der Waals surface area (Å²) in [6.07, 6.45) is 3.19. The normalized spacial score (nSPS) is 22.4. The van der Waals surface area contributed by atoms with Crippen molar-refractivity contribution in [2.45, 2.75) is 18.2 Å². The summed E-state index contributed by atoms with van der Waals surface area (Å²) in [5.74, 6) is 1.55. The molecule has 2 atom stereocenters. The predicted octanol–water partition coefficient (Wildman–Crippen LogP) is 0.869. The molecule has 2 N–H and O–H groups in total. The van der Waals surface area contributed by atoms with Crippen LogP contribution >= 0.6 is 0 Å². The summed E-state index contributed by atoms with van der Waals surface area (Å²) in [5, 5.41) is -0.0913. The maximum absolute atomic E-state index is 13.0. The van der Waals surface area contributed by atoms with E-state index >= 15 is 0 Å². The van der Waals surface area contributed by atoms with E-state index < -0.39 is 9.73 Å². The summed E-state index contributed by atoms with van der Waals surface area (Å²) >= 11 is 0. The molecule has 4 rings (SSSR count). The summed E-state index contributed by atoms with van der Waals surface area (Å²) in [6.45, 7) is 4.88. The molecule has 0 unspecified atom stereocenters. The number of ether oxygens (including phenoxy) is 2. The molecule has 0 saturated carbocycles. The number of aromatic nitrogens is 4. The first-order valence-electron chi connectivity index (χ1n) is 9.03. The van der Waals surface area contributed by atoms with E-state index in [9.17, 15) is 4.21 Å². The van der Waals surface area contributed by atoms with Crippen LogP contribution in [0.5, 0.6) is 0 Å². The van der Waals surface area contributed by atoms with Gasteiger partial charge in [-0.3, -0.25) is 0 Å². The average Bonchev–Trinajstić information content (AvgIpc) is 2.59. The molecule has 150 valence electrons. The SMILES string of the molecule is C[C@@H]1COCCN1c1cc(N=[S@](C)(=O)C2COC2)nc(-c2ccnc(N)n2)n1. The van der Waals surface area contributed by atoms with E-state index in [2.05, 4.69) is 36.1 Å². The number of morpholine rings is 1. The zero-order chi connectivity index (χ0) is 19.7. The van der Waals surface area contributed by atoms with E-state index in [-0.39, 0.29) is 17.2 Å². The van der Waals surface area contributed by atoms with Gasteiger partial charge in [0.25, 0.3) is 0 Å². The van der Waals surface area contributed by atoms with Gasteiger partial charge in [0.2, 0.25) is 5.95 Å². The Kier molecular flexibility index (Phi) is 5.13. The monoisotopic (exact) mass is 405 g/mol. The molecule has 2 aromatic rings. The molecule has 0 amide bonds. The summed E-state index contributed by atoms with van der Waals surface area (Å²) < 4.78 is 28.2. The summed E-state index contributed by atoms with van der Waals surface area (Å²) in [5.41, 5.74) is 6.20. The molecule has 2 fully saturated rings. The average molecular weight is 405 g/mol. The molecule has 0 aliphatic carbocycles. The zero-order valence-electron chi connectivity index (χ0n) is 15.8. The minimum atomic E-state index is -2.49. The minimum absolute atomic E-state index is 0.0913. The Morgan fingerprint density at radius 2 is 2.07 bits per heavy atom. The van der Waals surface area contributed by atoms with Gasteiger partial charge in [0.1, 0.15) is 11.5 Å². The fraction of sp³-hybridized carbons (Fsp3) is 0.529. The van der Waals surface area contributed by atoms with Crippen LogP contribution in [0.15, 0.2) is 22.7 Å². The topological polar surface area (TPSA) is 129 Å². The lowest BCUT2D eigenvalue weighted by atomic mass is 10.2. The van der Waals surface area contributed by atoms with E-state index in [1.54, 1.807) is 24.6 Å². The van der Waals surface area contributed by atoms with Crippen molar-refractivity contribution in [1.29, 1.82) is 0 Å². The Morgan fingerprint density at radius 3 is 2.75 bits per heavy atom. The Labute approximate surface area is 163 Å². The molecular weight excluding hydrogens is 382 g/mol. The Morgan fingerprint density at radius 1 is 1.25 bits per heavy atom. The Balaban J connectivity index is 1.81. The van der Waals surface area contributed by atoms with Crippen LogP contribution < -0.4 is 10.6 Å². The highest BCUT2D eigenvalue weighted by molar-refractivity contribution is 7.93. The van der Waals surface area contributed by atoms with Crippen molar-refractivity contribution < 1.29 is 13.7 Å². The van der Waals surface area contributed by atoms with Crippen LogP contribution in [0.2, 0.25) is 0 Å². The smallest absolute Gasteiger partial charge is 0.220 e. The van der Waals surface area contributed by atoms with Crippen LogP contribution in [-0.2, 0) is 19.2 Å². The standard InChI is InChI=1S/C17H23N7O3S/c1-11-8-26-6-5-24(11)15-7-14(23-28(2,25)12-9-27-10-12)21-16(22-15)13-3-4-19-17(18)20-13/h3-4,7,11-12H,5-6,8-10H2,1-2H3,(H2,18,19,20)/t11-,28-/m1/s1. The van der Waals surface area contributed by atoms with Crippen molar-refractivity contribution in [2.75, 3.05) is 49.9 Å². The van der Waals surface area contributed by atoms with E-state index in [1.807, 2.05) is 0 Å². The second-order valence-electron chi connectivity index (χ2n) is 6.94. The fourth-order valence-corrected chi connectivity index (χ4v) is 4.33. The number of anilines is 2. The first-order valence-corrected chi connectivity index (χ1v) is 11.0. The third kappa shape index (κ3) is 3.91. The van der Waals surface area contributed by atoms with Crippen LogP contribution in [0.1, 0.15) is 6.92 Å². The predicted molar refractivity (Wildman–Crippen MR) is 106 cm³/mol. The second kappa shape index (κ2) is 7.57. The van der Waals surface area contributed by atoms with Gasteiger partial charge in [-0.15, -0.1) is 0 Å². The quantitative estimate of drug-likeness (QED) is 0.787. The van der Waals surface area contributed by atoms with E-state index in [1.165, 1.54) is 0 Å². The van der Waals surface area contributed by atoms with Crippen LogP contribution in [-0.4, -0.2) is 74.7 Å². The lowest BCUT2D eigenvalue weighted by Crippen LogP contribution is -2.44. The maximum Gasteiger partial charge on any atom is 0.220 e. The van der Waals surface area contributed by atoms with Crippen molar-refractivity contribution in [2.24, 2.45) is 4.36 Å². The van der Waals surface area contributed by atoms with Crippen molar-refractivity contribution >= 4 is 27.3 Å². The van der Waals surface area contributed by atoms with Crippen LogP contribution in [0.25, 0.3) is 11.5 Å². The molecule has 0 spiro atoms. The van der Waals surface area contributed by atoms with Crippen molar-refractivity contribution in [3.05, 3.63) is 18.3 Å². The van der Waals surface area contributed by atoms with Gasteiger partial charge < -0.3 is 20.1 Å². The summed E-state index contributed by atoms with van der Waals surface area (Å²) in [4.78, 5) is 19.4. The third-order valence-corrected chi connectivity index (χ3v) is 6.82. The number of nitrogens with two attached hydrogens (primary N) is 1. The Bertz CT molecular complexity index is 988. The van der Waals surface area contributed by atoms with Gasteiger partial charge in [0.15, 0.2) is 11.6 Å². The molecule has 2 aliphatic rings. The molecule has 0 bridgehead atoms. The lowest BCUT2D eigenvalue weighted by molar-refractivity contribution is 0.0431. The van der Waals surface area contributed by atoms with E-state index in [4.69, 9.17) is 15.2 Å². The van der Waals surface area contributed by atoms with E-state index in [0.29, 0.717) is 56.1 Å². The first kappa shape index (κ1) is 19.0. The van der Waals surface area contributed by atoms with E-state index in [0.717, 1.165) is 0 Å².